The molecule has 1 amide bonds. The zero-order valence-electron chi connectivity index (χ0n) is 19.3. The Morgan fingerprint density at radius 1 is 1.26 bits per heavy atom. The number of ether oxygens (including phenoxy) is 2. The lowest BCUT2D eigenvalue weighted by molar-refractivity contribution is -0.0418. The van der Waals surface area contributed by atoms with Crippen LogP contribution in [0.4, 0.5) is 18.0 Å². The van der Waals surface area contributed by atoms with Crippen molar-refractivity contribution in [3.8, 4) is 11.3 Å². The molecular formula is C24H25BrF3N3O3. The third-order valence-electron chi connectivity index (χ3n) is 5.44. The number of carbonyl (C=O) groups excluding carboxylic acids is 1. The molecule has 1 aliphatic rings. The van der Waals surface area contributed by atoms with Gasteiger partial charge in [-0.3, -0.25) is 0 Å². The molecule has 0 radical (unpaired) electrons. The highest BCUT2D eigenvalue weighted by molar-refractivity contribution is 9.10. The summed E-state index contributed by atoms with van der Waals surface area (Å²) in [6, 6.07) is 4.49. The second-order valence-electron chi connectivity index (χ2n) is 9.31. The number of aryl methyl sites for hydroxylation is 1. The average Bonchev–Trinajstić information content (AvgIpc) is 3.08. The van der Waals surface area contributed by atoms with Gasteiger partial charge in [-0.2, -0.15) is 0 Å². The first-order valence-electron chi connectivity index (χ1n) is 10.8. The average molecular weight is 540 g/mol. The highest BCUT2D eigenvalue weighted by Crippen LogP contribution is 2.34. The Hall–Kier alpha value is -2.59. The van der Waals surface area contributed by atoms with Crippen LogP contribution < -0.4 is 0 Å². The number of fused-ring (bicyclic) bond motifs is 1. The molecule has 3 aromatic rings. The molecule has 0 unspecified atom stereocenters. The Morgan fingerprint density at radius 2 is 2.00 bits per heavy atom. The van der Waals surface area contributed by atoms with E-state index < -0.39 is 40.8 Å². The molecule has 0 N–H and O–H groups in total. The molecule has 0 saturated carbocycles. The second kappa shape index (κ2) is 9.22. The summed E-state index contributed by atoms with van der Waals surface area (Å²) in [4.78, 5) is 18.5. The summed E-state index contributed by atoms with van der Waals surface area (Å²) in [5, 5.41) is 0. The minimum atomic E-state index is -1.33. The van der Waals surface area contributed by atoms with E-state index in [4.69, 9.17) is 9.47 Å². The summed E-state index contributed by atoms with van der Waals surface area (Å²) < 4.78 is 56.9. The van der Waals surface area contributed by atoms with Crippen LogP contribution in [0.3, 0.4) is 0 Å². The summed E-state index contributed by atoms with van der Waals surface area (Å²) in [6.45, 7) is 8.11. The fraction of sp³-hybridized carbons (Fsp3) is 0.417. The van der Waals surface area contributed by atoms with Crippen molar-refractivity contribution >= 4 is 27.7 Å². The topological polar surface area (TPSA) is 56.1 Å². The van der Waals surface area contributed by atoms with Gasteiger partial charge < -0.3 is 18.8 Å². The first kappa shape index (κ1) is 24.5. The van der Waals surface area contributed by atoms with E-state index in [9.17, 15) is 18.0 Å². The number of morpholine rings is 1. The van der Waals surface area contributed by atoms with Gasteiger partial charge in [0.1, 0.15) is 17.1 Å². The number of carbonyl (C=O) groups is 1. The summed E-state index contributed by atoms with van der Waals surface area (Å²) in [7, 11) is 0. The number of imidazole rings is 1. The number of pyridine rings is 1. The van der Waals surface area contributed by atoms with E-state index in [1.165, 1.54) is 0 Å². The number of rotatable bonds is 3. The maximum absolute atomic E-state index is 14.9. The Morgan fingerprint density at radius 3 is 2.71 bits per heavy atom. The summed E-state index contributed by atoms with van der Waals surface area (Å²) in [6.07, 6.45) is 1.00. The first-order valence-corrected chi connectivity index (χ1v) is 11.6. The van der Waals surface area contributed by atoms with Crippen molar-refractivity contribution in [2.24, 2.45) is 0 Å². The minimum Gasteiger partial charge on any atom is -0.444 e. The molecule has 34 heavy (non-hydrogen) atoms. The highest BCUT2D eigenvalue weighted by atomic mass is 79.9. The Labute approximate surface area is 203 Å². The Bertz CT molecular complexity index is 1260. The largest absolute Gasteiger partial charge is 0.444 e. The molecule has 10 heteroatoms. The van der Waals surface area contributed by atoms with Crippen molar-refractivity contribution in [3.05, 3.63) is 57.6 Å². The highest BCUT2D eigenvalue weighted by Gasteiger charge is 2.31. The van der Waals surface area contributed by atoms with Crippen LogP contribution in [0.1, 0.15) is 32.0 Å². The first-order chi connectivity index (χ1) is 15.9. The molecule has 1 atom stereocenters. The van der Waals surface area contributed by atoms with Crippen molar-refractivity contribution in [2.45, 2.75) is 45.8 Å². The zero-order valence-corrected chi connectivity index (χ0v) is 20.9. The van der Waals surface area contributed by atoms with Crippen LogP contribution in [0.2, 0.25) is 0 Å². The Balaban J connectivity index is 1.73. The predicted molar refractivity (Wildman–Crippen MR) is 124 cm³/mol. The third kappa shape index (κ3) is 4.93. The Kier molecular flexibility index (Phi) is 6.65. The van der Waals surface area contributed by atoms with Crippen LogP contribution in [0.15, 0.2) is 28.9 Å². The van der Waals surface area contributed by atoms with Gasteiger partial charge in [-0.25, -0.2) is 22.9 Å². The van der Waals surface area contributed by atoms with Crippen molar-refractivity contribution in [1.29, 1.82) is 0 Å². The van der Waals surface area contributed by atoms with Gasteiger partial charge in [-0.15, -0.1) is 0 Å². The summed E-state index contributed by atoms with van der Waals surface area (Å²) in [5.74, 6) is -3.46. The number of hydrogen-bond donors (Lipinski definition) is 0. The number of amides is 1. The number of halogens is 4. The van der Waals surface area contributed by atoms with E-state index >= 15 is 0 Å². The van der Waals surface area contributed by atoms with E-state index in [-0.39, 0.29) is 29.7 Å². The van der Waals surface area contributed by atoms with Gasteiger partial charge in [0.25, 0.3) is 0 Å². The molecule has 1 fully saturated rings. The summed E-state index contributed by atoms with van der Waals surface area (Å²) in [5.41, 5.74) is 0.626. The van der Waals surface area contributed by atoms with Gasteiger partial charge in [-0.1, -0.05) is 0 Å². The van der Waals surface area contributed by atoms with Gasteiger partial charge in [-0.05, 0) is 67.4 Å². The molecular weight excluding hydrogens is 515 g/mol. The third-order valence-corrected chi connectivity index (χ3v) is 6.02. The van der Waals surface area contributed by atoms with E-state index in [2.05, 4.69) is 20.9 Å². The van der Waals surface area contributed by atoms with Crippen LogP contribution in [-0.2, 0) is 15.9 Å². The fourth-order valence-electron chi connectivity index (χ4n) is 3.93. The molecule has 4 rings (SSSR count). The van der Waals surface area contributed by atoms with E-state index in [1.807, 2.05) is 13.0 Å². The predicted octanol–water partition coefficient (Wildman–Crippen LogP) is 5.67. The normalized spacial score (nSPS) is 16.8. The second-order valence-corrected chi connectivity index (χ2v) is 10.2. The van der Waals surface area contributed by atoms with Crippen LogP contribution in [0.5, 0.6) is 0 Å². The van der Waals surface area contributed by atoms with Gasteiger partial charge in [0, 0.05) is 19.2 Å². The van der Waals surface area contributed by atoms with E-state index in [0.717, 1.165) is 11.6 Å². The smallest absolute Gasteiger partial charge is 0.410 e. The van der Waals surface area contributed by atoms with Crippen LogP contribution in [-0.4, -0.2) is 51.8 Å². The van der Waals surface area contributed by atoms with Crippen LogP contribution in [0, 0.1) is 24.4 Å². The van der Waals surface area contributed by atoms with Gasteiger partial charge >= 0.3 is 6.09 Å². The van der Waals surface area contributed by atoms with E-state index in [1.54, 1.807) is 42.3 Å². The SMILES string of the molecule is Cc1ccn2c(C[C@H]3CN(C(=O)OC(C)(C)C)CCO3)c(-c3c(F)cc(Br)c(F)c3F)nc2c1. The molecule has 0 spiro atoms. The number of hydrogen-bond acceptors (Lipinski definition) is 4. The fourth-order valence-corrected chi connectivity index (χ4v) is 4.30. The number of benzene rings is 1. The summed E-state index contributed by atoms with van der Waals surface area (Å²) >= 11 is 2.84. The van der Waals surface area contributed by atoms with Crippen molar-refractivity contribution < 1.29 is 27.4 Å². The lowest BCUT2D eigenvalue weighted by Crippen LogP contribution is -2.48. The quantitative estimate of drug-likeness (QED) is 0.318. The maximum Gasteiger partial charge on any atom is 0.410 e. The molecule has 0 aliphatic carbocycles. The van der Waals surface area contributed by atoms with Crippen LogP contribution in [0.25, 0.3) is 16.9 Å². The zero-order chi connectivity index (χ0) is 24.8. The van der Waals surface area contributed by atoms with Gasteiger partial charge in [0.15, 0.2) is 11.6 Å². The molecule has 1 aliphatic heterocycles. The standard InChI is InChI=1S/C24H25BrF3N3O3/c1-13-5-6-31-17(10-14-12-30(7-8-33-14)23(32)34-24(2,3)4)22(29-18(31)9-13)19-16(26)11-15(25)20(27)21(19)28/h5-6,9,11,14H,7-8,10,12H2,1-4H3/t14-/m0/s1. The molecule has 1 saturated heterocycles. The monoisotopic (exact) mass is 539 g/mol. The molecule has 3 heterocycles. The number of aromatic nitrogens is 2. The molecule has 1 aromatic carbocycles. The van der Waals surface area contributed by atoms with Crippen molar-refractivity contribution in [3.63, 3.8) is 0 Å². The van der Waals surface area contributed by atoms with E-state index in [0.29, 0.717) is 17.9 Å². The molecule has 2 aromatic heterocycles. The molecule has 0 bridgehead atoms. The van der Waals surface area contributed by atoms with Gasteiger partial charge in [0.2, 0.25) is 0 Å². The van der Waals surface area contributed by atoms with Crippen LogP contribution >= 0.6 is 15.9 Å². The molecule has 182 valence electrons. The van der Waals surface area contributed by atoms with Crippen molar-refractivity contribution in [1.82, 2.24) is 14.3 Å². The maximum atomic E-state index is 14.9. The minimum absolute atomic E-state index is 0.00927. The lowest BCUT2D eigenvalue weighted by atomic mass is 10.0. The lowest BCUT2D eigenvalue weighted by Gasteiger charge is -2.34. The van der Waals surface area contributed by atoms with Gasteiger partial charge in [0.05, 0.1) is 40.7 Å². The molecule has 6 nitrogen and oxygen atoms in total. The number of nitrogens with zero attached hydrogens (tertiary/aromatic N) is 3. The van der Waals surface area contributed by atoms with Crippen molar-refractivity contribution in [2.75, 3.05) is 19.7 Å².